The summed E-state index contributed by atoms with van der Waals surface area (Å²) in [5.74, 6) is -0.0361. The first kappa shape index (κ1) is 10.6. The molecule has 0 saturated heterocycles. The van der Waals surface area contributed by atoms with E-state index in [0.717, 1.165) is 11.3 Å². The Morgan fingerprint density at radius 3 is 2.64 bits per heavy atom. The molecule has 0 bridgehead atoms. The van der Waals surface area contributed by atoms with Crippen LogP contribution in [0.4, 0.5) is 5.69 Å². The molecule has 0 aromatic heterocycles. The maximum atomic E-state index is 10.6. The summed E-state index contributed by atoms with van der Waals surface area (Å²) in [6.45, 7) is 2.03. The molecular formula is C10H10N2OS. The topological polar surface area (TPSA) is 41.5 Å². The zero-order valence-corrected chi connectivity index (χ0v) is 8.60. The van der Waals surface area contributed by atoms with E-state index in [1.165, 1.54) is 6.92 Å². The highest BCUT2D eigenvalue weighted by molar-refractivity contribution is 7.78. The van der Waals surface area contributed by atoms with Crippen molar-refractivity contribution in [1.29, 1.82) is 0 Å². The van der Waals surface area contributed by atoms with Crippen LogP contribution >= 0.6 is 12.2 Å². The number of benzene rings is 1. The fourth-order valence-electron chi connectivity index (χ4n) is 0.968. The van der Waals surface area contributed by atoms with E-state index >= 15 is 0 Å². The van der Waals surface area contributed by atoms with Gasteiger partial charge in [-0.25, -0.2) is 0 Å². The summed E-state index contributed by atoms with van der Waals surface area (Å²) in [5.41, 5.74) is 1.80. The van der Waals surface area contributed by atoms with Crippen LogP contribution in [-0.4, -0.2) is 11.1 Å². The molecule has 0 aliphatic rings. The van der Waals surface area contributed by atoms with Crippen LogP contribution in [-0.2, 0) is 11.3 Å². The zero-order chi connectivity index (χ0) is 10.4. The van der Waals surface area contributed by atoms with Gasteiger partial charge in [0.25, 0.3) is 0 Å². The van der Waals surface area contributed by atoms with Gasteiger partial charge in [-0.15, -0.1) is 0 Å². The third kappa shape index (κ3) is 3.47. The molecule has 0 radical (unpaired) electrons. The standard InChI is InChI=1S/C10H10N2OS/c1-8(13)11-6-9-2-4-10(5-3-9)12-7-14/h2-5H,6H2,1H3,(H,11,13). The van der Waals surface area contributed by atoms with Crippen LogP contribution in [0.15, 0.2) is 29.3 Å². The van der Waals surface area contributed by atoms with Crippen LogP contribution in [0.2, 0.25) is 0 Å². The van der Waals surface area contributed by atoms with Gasteiger partial charge in [-0.2, -0.15) is 4.99 Å². The number of hydrogen-bond donors (Lipinski definition) is 1. The van der Waals surface area contributed by atoms with Crippen molar-refractivity contribution >= 4 is 29.0 Å². The summed E-state index contributed by atoms with van der Waals surface area (Å²) in [5, 5.41) is 5.00. The molecule has 0 aliphatic heterocycles. The molecule has 0 saturated carbocycles. The van der Waals surface area contributed by atoms with Crippen LogP contribution in [0, 0.1) is 0 Å². The van der Waals surface area contributed by atoms with Gasteiger partial charge in [-0.05, 0) is 29.9 Å². The number of nitrogens with zero attached hydrogens (tertiary/aromatic N) is 1. The highest BCUT2D eigenvalue weighted by Gasteiger charge is 1.94. The molecule has 1 amide bonds. The number of nitrogens with one attached hydrogen (secondary N) is 1. The number of amides is 1. The second-order valence-corrected chi connectivity index (χ2v) is 2.96. The number of thiocarbonyl (C=S) groups is 1. The van der Waals surface area contributed by atoms with Crippen molar-refractivity contribution in [3.05, 3.63) is 29.8 Å². The zero-order valence-electron chi connectivity index (χ0n) is 7.78. The smallest absolute Gasteiger partial charge is 0.217 e. The average molecular weight is 206 g/mol. The van der Waals surface area contributed by atoms with Gasteiger partial charge in [0, 0.05) is 13.5 Å². The number of aliphatic imine (C=N–C) groups is 1. The van der Waals surface area contributed by atoms with Crippen LogP contribution in [0.25, 0.3) is 0 Å². The van der Waals surface area contributed by atoms with Gasteiger partial charge in [0.2, 0.25) is 5.91 Å². The van der Waals surface area contributed by atoms with E-state index in [2.05, 4.69) is 27.7 Å². The Hall–Kier alpha value is -1.51. The van der Waals surface area contributed by atoms with Gasteiger partial charge in [-0.3, -0.25) is 4.79 Å². The van der Waals surface area contributed by atoms with Crippen LogP contribution in [0.3, 0.4) is 0 Å². The molecule has 1 aromatic rings. The second kappa shape index (κ2) is 5.27. The van der Waals surface area contributed by atoms with E-state index in [1.54, 1.807) is 0 Å². The summed E-state index contributed by atoms with van der Waals surface area (Å²) in [4.78, 5) is 14.5. The summed E-state index contributed by atoms with van der Waals surface area (Å²) >= 11 is 4.48. The molecule has 0 atom stereocenters. The second-order valence-electron chi connectivity index (χ2n) is 2.78. The Morgan fingerprint density at radius 1 is 1.50 bits per heavy atom. The molecule has 14 heavy (non-hydrogen) atoms. The average Bonchev–Trinajstić information content (AvgIpc) is 2.17. The minimum Gasteiger partial charge on any atom is -0.352 e. The van der Waals surface area contributed by atoms with Gasteiger partial charge in [0.15, 0.2) is 0 Å². The third-order valence-electron chi connectivity index (χ3n) is 1.65. The minimum atomic E-state index is -0.0361. The van der Waals surface area contributed by atoms with Gasteiger partial charge < -0.3 is 5.32 Å². The fourth-order valence-corrected chi connectivity index (χ4v) is 1.07. The lowest BCUT2D eigenvalue weighted by Crippen LogP contribution is -2.18. The van der Waals surface area contributed by atoms with Crippen molar-refractivity contribution < 1.29 is 4.79 Å². The highest BCUT2D eigenvalue weighted by Crippen LogP contribution is 2.11. The Labute approximate surface area is 87.9 Å². The number of rotatable bonds is 3. The summed E-state index contributed by atoms with van der Waals surface area (Å²) in [6, 6.07) is 7.44. The molecule has 1 N–H and O–H groups in total. The van der Waals surface area contributed by atoms with Gasteiger partial charge in [0.05, 0.1) is 10.8 Å². The molecule has 4 heteroatoms. The van der Waals surface area contributed by atoms with E-state index in [-0.39, 0.29) is 5.91 Å². The summed E-state index contributed by atoms with van der Waals surface area (Å²) in [7, 11) is 0. The Bertz CT molecular complexity index is 366. The first-order chi connectivity index (χ1) is 6.72. The van der Waals surface area contributed by atoms with Gasteiger partial charge in [0.1, 0.15) is 0 Å². The lowest BCUT2D eigenvalue weighted by Gasteiger charge is -2.01. The number of carbonyl (C=O) groups is 1. The lowest BCUT2D eigenvalue weighted by atomic mass is 10.2. The summed E-state index contributed by atoms with van der Waals surface area (Å²) < 4.78 is 0. The maximum absolute atomic E-state index is 10.6. The van der Waals surface area contributed by atoms with E-state index in [4.69, 9.17) is 0 Å². The van der Waals surface area contributed by atoms with E-state index in [1.807, 2.05) is 24.3 Å². The molecule has 0 heterocycles. The normalized spacial score (nSPS) is 8.93. The number of hydrogen-bond acceptors (Lipinski definition) is 3. The fraction of sp³-hybridized carbons (Fsp3) is 0.200. The SMILES string of the molecule is CC(=O)NCc1ccc(N=C=S)cc1. The van der Waals surface area contributed by atoms with Crippen LogP contribution < -0.4 is 5.32 Å². The van der Waals surface area contributed by atoms with E-state index in [0.29, 0.717) is 6.54 Å². The van der Waals surface area contributed by atoms with Crippen molar-refractivity contribution in [3.63, 3.8) is 0 Å². The number of isothiocyanates is 1. The quantitative estimate of drug-likeness (QED) is 0.607. The van der Waals surface area contributed by atoms with E-state index < -0.39 is 0 Å². The monoisotopic (exact) mass is 206 g/mol. The van der Waals surface area contributed by atoms with Crippen molar-refractivity contribution in [2.45, 2.75) is 13.5 Å². The van der Waals surface area contributed by atoms with Crippen molar-refractivity contribution in [3.8, 4) is 0 Å². The molecule has 72 valence electrons. The van der Waals surface area contributed by atoms with Crippen LogP contribution in [0.5, 0.6) is 0 Å². The van der Waals surface area contributed by atoms with Crippen LogP contribution in [0.1, 0.15) is 12.5 Å². The molecule has 0 spiro atoms. The minimum absolute atomic E-state index is 0.0361. The van der Waals surface area contributed by atoms with Crippen molar-refractivity contribution in [1.82, 2.24) is 5.32 Å². The largest absolute Gasteiger partial charge is 0.352 e. The number of carbonyl (C=O) groups excluding carboxylic acids is 1. The molecule has 1 aromatic carbocycles. The first-order valence-electron chi connectivity index (χ1n) is 4.13. The summed E-state index contributed by atoms with van der Waals surface area (Å²) in [6.07, 6.45) is 0. The Kier molecular flexibility index (Phi) is 3.98. The van der Waals surface area contributed by atoms with E-state index in [9.17, 15) is 4.79 Å². The first-order valence-corrected chi connectivity index (χ1v) is 4.54. The maximum Gasteiger partial charge on any atom is 0.217 e. The molecule has 3 nitrogen and oxygen atoms in total. The molecule has 0 aliphatic carbocycles. The molecule has 1 rings (SSSR count). The van der Waals surface area contributed by atoms with Gasteiger partial charge in [-0.1, -0.05) is 12.1 Å². The molecular weight excluding hydrogens is 196 g/mol. The predicted molar refractivity (Wildman–Crippen MR) is 58.6 cm³/mol. The van der Waals surface area contributed by atoms with Crippen molar-refractivity contribution in [2.75, 3.05) is 0 Å². The Balaban J connectivity index is 2.63. The third-order valence-corrected chi connectivity index (χ3v) is 1.74. The van der Waals surface area contributed by atoms with Crippen molar-refractivity contribution in [2.24, 2.45) is 4.99 Å². The van der Waals surface area contributed by atoms with Gasteiger partial charge >= 0.3 is 0 Å². The predicted octanol–water partition coefficient (Wildman–Crippen LogP) is 2.06. The highest BCUT2D eigenvalue weighted by atomic mass is 32.1. The Morgan fingerprint density at radius 2 is 2.14 bits per heavy atom. The molecule has 0 unspecified atom stereocenters. The molecule has 0 fully saturated rings. The lowest BCUT2D eigenvalue weighted by molar-refractivity contribution is -0.119.